The number of halogens is 1. The van der Waals surface area contributed by atoms with Gasteiger partial charge in [-0.2, -0.15) is 0 Å². The molecular formula is C19H21BrN2O2. The van der Waals surface area contributed by atoms with E-state index in [1.165, 1.54) is 0 Å². The first-order valence-corrected chi connectivity index (χ1v) is 9.02. The molecule has 0 unspecified atom stereocenters. The highest BCUT2D eigenvalue weighted by atomic mass is 79.9. The van der Waals surface area contributed by atoms with E-state index < -0.39 is 0 Å². The Morgan fingerprint density at radius 1 is 1.25 bits per heavy atom. The Bertz CT molecular complexity index is 695. The van der Waals surface area contributed by atoms with Gasteiger partial charge in [0, 0.05) is 35.5 Å². The van der Waals surface area contributed by atoms with Crippen LogP contribution in [0.5, 0.6) is 5.75 Å². The summed E-state index contributed by atoms with van der Waals surface area (Å²) in [5, 5.41) is 0. The maximum Gasteiger partial charge on any atom is 0.255 e. The van der Waals surface area contributed by atoms with Crippen LogP contribution in [0.2, 0.25) is 0 Å². The summed E-state index contributed by atoms with van der Waals surface area (Å²) in [7, 11) is 0. The number of piperidine rings is 1. The number of hydrogen-bond acceptors (Lipinski definition) is 3. The molecule has 0 N–H and O–H groups in total. The second-order valence-electron chi connectivity index (χ2n) is 6.30. The molecule has 0 spiro atoms. The Morgan fingerprint density at radius 2 is 1.96 bits per heavy atom. The molecule has 1 amide bonds. The van der Waals surface area contributed by atoms with Crippen molar-refractivity contribution < 1.29 is 9.53 Å². The largest absolute Gasteiger partial charge is 0.489 e. The zero-order chi connectivity index (χ0) is 16.9. The topological polar surface area (TPSA) is 42.4 Å². The summed E-state index contributed by atoms with van der Waals surface area (Å²) >= 11 is 3.40. The third-order valence-corrected chi connectivity index (χ3v) is 4.86. The third-order valence-electron chi connectivity index (χ3n) is 4.33. The number of benzene rings is 1. The van der Waals surface area contributed by atoms with Gasteiger partial charge in [0.2, 0.25) is 0 Å². The maximum absolute atomic E-state index is 12.6. The van der Waals surface area contributed by atoms with Gasteiger partial charge < -0.3 is 9.64 Å². The number of pyridine rings is 1. The molecule has 24 heavy (non-hydrogen) atoms. The van der Waals surface area contributed by atoms with Crippen molar-refractivity contribution in [2.24, 2.45) is 5.92 Å². The number of amides is 1. The predicted octanol–water partition coefficient (Wildman–Crippen LogP) is 4.30. The number of carbonyl (C=O) groups excluding carboxylic acids is 1. The number of hydrogen-bond donors (Lipinski definition) is 0. The average Bonchev–Trinajstić information content (AvgIpc) is 2.61. The predicted molar refractivity (Wildman–Crippen MR) is 97.0 cm³/mol. The standard InChI is InChI=1S/C19H21BrN2O2/c1-14-6-8-22(9-7-14)19(23)16-10-15(11-21-12-16)13-24-18-4-2-17(20)3-5-18/h2-5,10-12,14H,6-9,13H2,1H3. The van der Waals surface area contributed by atoms with Gasteiger partial charge in [-0.3, -0.25) is 9.78 Å². The van der Waals surface area contributed by atoms with Crippen molar-refractivity contribution in [1.29, 1.82) is 0 Å². The minimum absolute atomic E-state index is 0.0693. The van der Waals surface area contributed by atoms with Crippen LogP contribution in [-0.2, 0) is 6.61 Å². The van der Waals surface area contributed by atoms with Gasteiger partial charge in [0.1, 0.15) is 12.4 Å². The number of likely N-dealkylation sites (tertiary alicyclic amines) is 1. The Morgan fingerprint density at radius 3 is 2.67 bits per heavy atom. The monoisotopic (exact) mass is 388 g/mol. The van der Waals surface area contributed by atoms with E-state index >= 15 is 0 Å². The highest BCUT2D eigenvalue weighted by Gasteiger charge is 2.21. The summed E-state index contributed by atoms with van der Waals surface area (Å²) in [6.07, 6.45) is 5.54. The molecule has 4 nitrogen and oxygen atoms in total. The quantitative estimate of drug-likeness (QED) is 0.783. The van der Waals surface area contributed by atoms with E-state index in [0.29, 0.717) is 18.1 Å². The second-order valence-corrected chi connectivity index (χ2v) is 7.21. The fraction of sp³-hybridized carbons (Fsp3) is 0.368. The van der Waals surface area contributed by atoms with Gasteiger partial charge in [0.15, 0.2) is 0 Å². The lowest BCUT2D eigenvalue weighted by atomic mass is 9.99. The molecule has 1 aliphatic rings. The Labute approximate surface area is 151 Å². The number of nitrogens with zero attached hydrogens (tertiary/aromatic N) is 2. The van der Waals surface area contributed by atoms with E-state index in [1.807, 2.05) is 35.2 Å². The van der Waals surface area contributed by atoms with Crippen LogP contribution in [-0.4, -0.2) is 28.9 Å². The number of aromatic nitrogens is 1. The summed E-state index contributed by atoms with van der Waals surface area (Å²) in [5.41, 5.74) is 1.54. The van der Waals surface area contributed by atoms with Gasteiger partial charge in [-0.25, -0.2) is 0 Å². The second kappa shape index (κ2) is 7.79. The van der Waals surface area contributed by atoms with Crippen molar-refractivity contribution in [2.45, 2.75) is 26.4 Å². The molecular weight excluding hydrogens is 368 g/mol. The summed E-state index contributed by atoms with van der Waals surface area (Å²) in [4.78, 5) is 18.7. The van der Waals surface area contributed by atoms with Crippen molar-refractivity contribution >= 4 is 21.8 Å². The van der Waals surface area contributed by atoms with Gasteiger partial charge in [0.05, 0.1) is 5.56 Å². The zero-order valence-electron chi connectivity index (χ0n) is 13.7. The average molecular weight is 389 g/mol. The van der Waals surface area contributed by atoms with Crippen LogP contribution in [0.4, 0.5) is 0 Å². The molecule has 1 fully saturated rings. The zero-order valence-corrected chi connectivity index (χ0v) is 15.3. The van der Waals surface area contributed by atoms with Crippen molar-refractivity contribution in [3.63, 3.8) is 0 Å². The summed E-state index contributed by atoms with van der Waals surface area (Å²) in [6.45, 7) is 4.30. The Hall–Kier alpha value is -1.88. The molecule has 0 aliphatic carbocycles. The molecule has 3 rings (SSSR count). The summed E-state index contributed by atoms with van der Waals surface area (Å²) in [5.74, 6) is 1.57. The summed E-state index contributed by atoms with van der Waals surface area (Å²) in [6, 6.07) is 9.56. The normalized spacial score (nSPS) is 15.3. The number of rotatable bonds is 4. The first-order valence-electron chi connectivity index (χ1n) is 8.23. The van der Waals surface area contributed by atoms with E-state index in [4.69, 9.17) is 4.74 Å². The van der Waals surface area contributed by atoms with Gasteiger partial charge in [-0.05, 0) is 49.1 Å². The molecule has 1 aliphatic heterocycles. The van der Waals surface area contributed by atoms with Crippen LogP contribution in [0.15, 0.2) is 47.2 Å². The first-order chi connectivity index (χ1) is 11.6. The van der Waals surface area contributed by atoms with Crippen LogP contribution in [0.3, 0.4) is 0 Å². The van der Waals surface area contributed by atoms with Crippen LogP contribution >= 0.6 is 15.9 Å². The van der Waals surface area contributed by atoms with E-state index in [2.05, 4.69) is 27.8 Å². The van der Waals surface area contributed by atoms with E-state index in [1.54, 1.807) is 12.4 Å². The molecule has 2 aromatic rings. The van der Waals surface area contributed by atoms with Gasteiger partial charge in [-0.1, -0.05) is 22.9 Å². The maximum atomic E-state index is 12.6. The molecule has 0 atom stereocenters. The first kappa shape index (κ1) is 17.0. The molecule has 126 valence electrons. The highest BCUT2D eigenvalue weighted by Crippen LogP contribution is 2.20. The lowest BCUT2D eigenvalue weighted by molar-refractivity contribution is 0.0696. The molecule has 5 heteroatoms. The Kier molecular flexibility index (Phi) is 5.51. The fourth-order valence-electron chi connectivity index (χ4n) is 2.78. The van der Waals surface area contributed by atoms with Crippen LogP contribution in [0.25, 0.3) is 0 Å². The van der Waals surface area contributed by atoms with Gasteiger partial charge in [-0.15, -0.1) is 0 Å². The van der Waals surface area contributed by atoms with Crippen LogP contribution in [0.1, 0.15) is 35.7 Å². The molecule has 2 heterocycles. The van der Waals surface area contributed by atoms with Crippen molar-refractivity contribution in [1.82, 2.24) is 9.88 Å². The summed E-state index contributed by atoms with van der Waals surface area (Å²) < 4.78 is 6.77. The molecule has 0 bridgehead atoms. The third kappa shape index (κ3) is 4.35. The van der Waals surface area contributed by atoms with Gasteiger partial charge in [0.25, 0.3) is 5.91 Å². The molecule has 0 saturated carbocycles. The number of ether oxygens (including phenoxy) is 1. The smallest absolute Gasteiger partial charge is 0.255 e. The molecule has 0 radical (unpaired) electrons. The van der Waals surface area contributed by atoms with Crippen molar-refractivity contribution in [3.05, 3.63) is 58.3 Å². The van der Waals surface area contributed by atoms with E-state index in [0.717, 1.165) is 41.7 Å². The Balaban J connectivity index is 1.63. The van der Waals surface area contributed by atoms with E-state index in [-0.39, 0.29) is 5.91 Å². The molecule has 1 saturated heterocycles. The fourth-order valence-corrected chi connectivity index (χ4v) is 3.04. The SMILES string of the molecule is CC1CCN(C(=O)c2cncc(COc3ccc(Br)cc3)c2)CC1. The minimum Gasteiger partial charge on any atom is -0.489 e. The highest BCUT2D eigenvalue weighted by molar-refractivity contribution is 9.10. The van der Waals surface area contributed by atoms with E-state index in [9.17, 15) is 4.79 Å². The van der Waals surface area contributed by atoms with Crippen LogP contribution in [0, 0.1) is 5.92 Å². The lowest BCUT2D eigenvalue weighted by Crippen LogP contribution is -2.38. The van der Waals surface area contributed by atoms with Crippen molar-refractivity contribution in [3.8, 4) is 5.75 Å². The lowest BCUT2D eigenvalue weighted by Gasteiger charge is -2.30. The van der Waals surface area contributed by atoms with Gasteiger partial charge >= 0.3 is 0 Å². The number of carbonyl (C=O) groups is 1. The minimum atomic E-state index is 0.0693. The van der Waals surface area contributed by atoms with Crippen molar-refractivity contribution in [2.75, 3.05) is 13.1 Å². The molecule has 1 aromatic heterocycles. The van der Waals surface area contributed by atoms with Crippen LogP contribution < -0.4 is 4.74 Å². The molecule has 1 aromatic carbocycles.